The lowest BCUT2D eigenvalue weighted by molar-refractivity contribution is -0.384. The molecule has 0 unspecified atom stereocenters. The van der Waals surface area contributed by atoms with Crippen molar-refractivity contribution in [2.24, 2.45) is 5.41 Å². The molecule has 5 heteroatoms. The summed E-state index contributed by atoms with van der Waals surface area (Å²) in [6, 6.07) is 3.21. The zero-order valence-electron chi connectivity index (χ0n) is 12.0. The summed E-state index contributed by atoms with van der Waals surface area (Å²) in [4.78, 5) is 10.4. The van der Waals surface area contributed by atoms with Crippen molar-refractivity contribution in [3.05, 3.63) is 32.8 Å². The molecule has 1 aliphatic rings. The van der Waals surface area contributed by atoms with Crippen molar-refractivity contribution >= 4 is 23.0 Å². The minimum Gasteiger partial charge on any atom is -0.384 e. The molecule has 4 nitrogen and oxygen atoms in total. The molecule has 0 spiro atoms. The Bertz CT molecular complexity index is 511. The highest BCUT2D eigenvalue weighted by Crippen LogP contribution is 2.41. The minimum atomic E-state index is -0.441. The first-order valence-corrected chi connectivity index (χ1v) is 7.54. The Morgan fingerprint density at radius 2 is 2.05 bits per heavy atom. The minimum absolute atomic E-state index is 0.0270. The fraction of sp³-hybridized carbons (Fsp3) is 0.600. The van der Waals surface area contributed by atoms with Gasteiger partial charge in [0.05, 0.1) is 4.92 Å². The topological polar surface area (TPSA) is 55.2 Å². The summed E-state index contributed by atoms with van der Waals surface area (Å²) >= 11 is 5.98. The van der Waals surface area contributed by atoms with Gasteiger partial charge in [0, 0.05) is 18.3 Å². The Hall–Kier alpha value is -1.29. The average Bonchev–Trinajstić information content (AvgIpc) is 2.88. The Balaban J connectivity index is 2.14. The van der Waals surface area contributed by atoms with E-state index in [0.717, 1.165) is 17.8 Å². The van der Waals surface area contributed by atoms with E-state index in [9.17, 15) is 10.1 Å². The van der Waals surface area contributed by atoms with Gasteiger partial charge >= 0.3 is 0 Å². The van der Waals surface area contributed by atoms with Gasteiger partial charge in [0.15, 0.2) is 0 Å². The van der Waals surface area contributed by atoms with E-state index in [-0.39, 0.29) is 10.7 Å². The van der Waals surface area contributed by atoms with E-state index in [1.165, 1.54) is 38.2 Å². The predicted octanol–water partition coefficient (Wildman–Crippen LogP) is 4.94. The number of aryl methyl sites for hydroxylation is 1. The van der Waals surface area contributed by atoms with Crippen molar-refractivity contribution in [2.45, 2.75) is 46.0 Å². The quantitative estimate of drug-likeness (QED) is 0.618. The average molecular weight is 297 g/mol. The molecule has 1 aliphatic carbocycles. The van der Waals surface area contributed by atoms with Crippen LogP contribution in [0.15, 0.2) is 12.1 Å². The molecule has 1 aromatic rings. The first kappa shape index (κ1) is 15.1. The number of hydrogen-bond acceptors (Lipinski definition) is 3. The molecule has 20 heavy (non-hydrogen) atoms. The summed E-state index contributed by atoms with van der Waals surface area (Å²) in [7, 11) is 0. The second kappa shape index (κ2) is 6.00. The molecule has 0 bridgehead atoms. The second-order valence-electron chi connectivity index (χ2n) is 5.79. The first-order chi connectivity index (χ1) is 9.47. The van der Waals surface area contributed by atoms with E-state index < -0.39 is 4.92 Å². The third-order valence-corrected chi connectivity index (χ3v) is 4.86. The molecule has 1 aromatic carbocycles. The maximum atomic E-state index is 10.9. The fourth-order valence-electron chi connectivity index (χ4n) is 3.06. The molecule has 1 fully saturated rings. The van der Waals surface area contributed by atoms with Crippen molar-refractivity contribution in [3.8, 4) is 0 Å². The number of hydrogen-bond donors (Lipinski definition) is 1. The van der Waals surface area contributed by atoms with Gasteiger partial charge in [0.2, 0.25) is 0 Å². The van der Waals surface area contributed by atoms with Crippen LogP contribution in [0.25, 0.3) is 0 Å². The van der Waals surface area contributed by atoms with E-state index in [2.05, 4.69) is 12.2 Å². The summed E-state index contributed by atoms with van der Waals surface area (Å²) in [5.74, 6) is 0. The SMILES string of the molecule is CCC1(CNc2cc(Cl)c([N+](=O)[O-])cc2C)CCCC1. The predicted molar refractivity (Wildman–Crippen MR) is 82.5 cm³/mol. The van der Waals surface area contributed by atoms with Crippen molar-refractivity contribution in [3.63, 3.8) is 0 Å². The van der Waals surface area contributed by atoms with E-state index in [4.69, 9.17) is 11.6 Å². The molecule has 0 radical (unpaired) electrons. The second-order valence-corrected chi connectivity index (χ2v) is 6.20. The van der Waals surface area contributed by atoms with Gasteiger partial charge in [0.25, 0.3) is 5.69 Å². The zero-order valence-corrected chi connectivity index (χ0v) is 12.8. The van der Waals surface area contributed by atoms with Gasteiger partial charge in [-0.3, -0.25) is 10.1 Å². The first-order valence-electron chi connectivity index (χ1n) is 7.16. The van der Waals surface area contributed by atoms with Crippen molar-refractivity contribution in [1.82, 2.24) is 0 Å². The van der Waals surface area contributed by atoms with Crippen molar-refractivity contribution in [2.75, 3.05) is 11.9 Å². The zero-order chi connectivity index (χ0) is 14.8. The molecule has 2 rings (SSSR count). The number of benzene rings is 1. The number of nitro groups is 1. The molecule has 110 valence electrons. The van der Waals surface area contributed by atoms with Gasteiger partial charge in [-0.05, 0) is 43.2 Å². The highest BCUT2D eigenvalue weighted by atomic mass is 35.5. The molecule has 0 heterocycles. The van der Waals surface area contributed by atoms with E-state index in [0.29, 0.717) is 5.41 Å². The van der Waals surface area contributed by atoms with E-state index in [1.807, 2.05) is 6.92 Å². The van der Waals surface area contributed by atoms with Gasteiger partial charge in [-0.2, -0.15) is 0 Å². The fourth-order valence-corrected chi connectivity index (χ4v) is 3.29. The highest BCUT2D eigenvalue weighted by Gasteiger charge is 2.31. The van der Waals surface area contributed by atoms with Crippen LogP contribution in [0.4, 0.5) is 11.4 Å². The van der Waals surface area contributed by atoms with Crippen molar-refractivity contribution in [1.29, 1.82) is 0 Å². The molecule has 0 atom stereocenters. The largest absolute Gasteiger partial charge is 0.384 e. The van der Waals surface area contributed by atoms with Gasteiger partial charge < -0.3 is 5.32 Å². The van der Waals surface area contributed by atoms with Crippen molar-refractivity contribution < 1.29 is 4.92 Å². The number of nitro benzene ring substituents is 1. The normalized spacial score (nSPS) is 17.1. The van der Waals surface area contributed by atoms with E-state index in [1.54, 1.807) is 6.07 Å². The van der Waals surface area contributed by atoms with Crippen LogP contribution in [0.3, 0.4) is 0 Å². The number of nitrogens with one attached hydrogen (secondary N) is 1. The van der Waals surface area contributed by atoms with E-state index >= 15 is 0 Å². The third kappa shape index (κ3) is 3.06. The molecule has 1 saturated carbocycles. The number of rotatable bonds is 5. The number of anilines is 1. The van der Waals surface area contributed by atoms with Gasteiger partial charge in [-0.1, -0.05) is 31.4 Å². The summed E-state index contributed by atoms with van der Waals surface area (Å²) in [5.41, 5.74) is 2.12. The van der Waals surface area contributed by atoms with Gasteiger partial charge in [-0.15, -0.1) is 0 Å². The smallest absolute Gasteiger partial charge is 0.288 e. The lowest BCUT2D eigenvalue weighted by atomic mass is 9.83. The number of halogens is 1. The molecule has 1 N–H and O–H groups in total. The lowest BCUT2D eigenvalue weighted by Gasteiger charge is -2.28. The maximum absolute atomic E-state index is 10.9. The Labute approximate surface area is 124 Å². The summed E-state index contributed by atoms with van der Waals surface area (Å²) in [6.45, 7) is 5.03. The van der Waals surface area contributed by atoms with Crippen LogP contribution < -0.4 is 5.32 Å². The molecule has 0 aliphatic heterocycles. The Kier molecular flexibility index (Phi) is 4.53. The molecular formula is C15H21ClN2O2. The highest BCUT2D eigenvalue weighted by molar-refractivity contribution is 6.33. The summed E-state index contributed by atoms with van der Waals surface area (Å²) in [5, 5.41) is 14.5. The molecule has 0 amide bonds. The summed E-state index contributed by atoms with van der Waals surface area (Å²) in [6.07, 6.45) is 6.29. The van der Waals surface area contributed by atoms with Crippen LogP contribution in [0.5, 0.6) is 0 Å². The Morgan fingerprint density at radius 3 is 2.60 bits per heavy atom. The lowest BCUT2D eigenvalue weighted by Crippen LogP contribution is -2.26. The van der Waals surface area contributed by atoms with Gasteiger partial charge in [0.1, 0.15) is 5.02 Å². The summed E-state index contributed by atoms with van der Waals surface area (Å²) < 4.78 is 0. The third-order valence-electron chi connectivity index (χ3n) is 4.56. The van der Waals surface area contributed by atoms with Crippen LogP contribution in [0.2, 0.25) is 5.02 Å². The molecular weight excluding hydrogens is 276 g/mol. The van der Waals surface area contributed by atoms with Crippen LogP contribution in [0.1, 0.15) is 44.6 Å². The van der Waals surface area contributed by atoms with Crippen LogP contribution in [-0.2, 0) is 0 Å². The molecule has 0 aromatic heterocycles. The van der Waals surface area contributed by atoms with Crippen LogP contribution in [-0.4, -0.2) is 11.5 Å². The van der Waals surface area contributed by atoms with Gasteiger partial charge in [-0.25, -0.2) is 0 Å². The standard InChI is InChI=1S/C15H21ClN2O2/c1-3-15(6-4-5-7-15)10-17-13-9-12(16)14(18(19)20)8-11(13)2/h8-9,17H,3-7,10H2,1-2H3. The number of nitrogens with zero attached hydrogens (tertiary/aromatic N) is 1. The Morgan fingerprint density at radius 1 is 1.40 bits per heavy atom. The molecule has 0 saturated heterocycles. The van der Waals surface area contributed by atoms with Crippen LogP contribution in [0, 0.1) is 22.5 Å². The maximum Gasteiger partial charge on any atom is 0.288 e. The monoisotopic (exact) mass is 296 g/mol. The van der Waals surface area contributed by atoms with Crippen LogP contribution >= 0.6 is 11.6 Å².